The number of nitrogens with zero attached hydrogens (tertiary/aromatic N) is 1. The van der Waals surface area contributed by atoms with Gasteiger partial charge in [0, 0.05) is 11.6 Å². The van der Waals surface area contributed by atoms with Crippen molar-refractivity contribution in [3.8, 4) is 11.8 Å². The number of unbranched alkanes of at least 4 members (excludes halogenated alkanes) is 11. The molecule has 0 spiro atoms. The van der Waals surface area contributed by atoms with Crippen LogP contribution in [0.4, 0.5) is 0 Å². The summed E-state index contributed by atoms with van der Waals surface area (Å²) in [5.74, 6) is -0.938. The number of phenols is 1. The predicted molar refractivity (Wildman–Crippen MR) is 114 cm³/mol. The zero-order chi connectivity index (χ0) is 20.6. The number of rotatable bonds is 15. The number of aliphatic carboxylic acids is 1. The fourth-order valence-electron chi connectivity index (χ4n) is 3.48. The molecule has 0 radical (unpaired) electrons. The van der Waals surface area contributed by atoms with Gasteiger partial charge in [-0.25, -0.2) is 4.79 Å². The first-order valence-corrected chi connectivity index (χ1v) is 10.8. The van der Waals surface area contributed by atoms with E-state index in [0.717, 1.165) is 18.9 Å². The number of nitriles is 1. The molecule has 0 bridgehead atoms. The highest BCUT2D eigenvalue weighted by Crippen LogP contribution is 2.27. The molecule has 0 aromatic heterocycles. The molecule has 1 aromatic carbocycles. The minimum absolute atomic E-state index is 0.118. The lowest BCUT2D eigenvalue weighted by Gasteiger charge is -2.09. The molecule has 0 unspecified atom stereocenters. The number of hydrogen-bond donors (Lipinski definition) is 2. The number of carbonyl (C=O) groups is 1. The maximum atomic E-state index is 10.7. The zero-order valence-electron chi connectivity index (χ0n) is 17.3. The van der Waals surface area contributed by atoms with E-state index in [1.54, 1.807) is 6.07 Å². The van der Waals surface area contributed by atoms with E-state index < -0.39 is 5.97 Å². The molecule has 4 nitrogen and oxygen atoms in total. The van der Waals surface area contributed by atoms with Crippen molar-refractivity contribution in [3.63, 3.8) is 0 Å². The Balaban J connectivity index is 2.31. The Morgan fingerprint density at radius 3 is 2.00 bits per heavy atom. The molecule has 0 saturated heterocycles. The van der Waals surface area contributed by atoms with Crippen LogP contribution in [-0.2, 0) is 11.2 Å². The van der Waals surface area contributed by atoms with E-state index >= 15 is 0 Å². The van der Waals surface area contributed by atoms with Gasteiger partial charge in [-0.05, 0) is 36.6 Å². The summed E-state index contributed by atoms with van der Waals surface area (Å²) in [6, 6.07) is 5.24. The number of phenolic OH excluding ortho intramolecular Hbond substituents is 1. The Kier molecular flexibility index (Phi) is 12.5. The Morgan fingerprint density at radius 1 is 0.964 bits per heavy atom. The summed E-state index contributed by atoms with van der Waals surface area (Å²) in [4.78, 5) is 10.7. The van der Waals surface area contributed by atoms with Gasteiger partial charge < -0.3 is 10.2 Å². The summed E-state index contributed by atoms with van der Waals surface area (Å²) in [5.41, 5.74) is 1.54. The summed E-state index contributed by atoms with van der Waals surface area (Å²) >= 11 is 0. The zero-order valence-corrected chi connectivity index (χ0v) is 17.3. The number of carboxylic acid groups (broad SMARTS) is 1. The topological polar surface area (TPSA) is 81.3 Å². The number of hydrogen-bond acceptors (Lipinski definition) is 3. The van der Waals surface area contributed by atoms with Crippen LogP contribution in [0.5, 0.6) is 5.75 Å². The summed E-state index contributed by atoms with van der Waals surface area (Å²) in [6.07, 6.45) is 18.2. The number of carboxylic acids is 1. The minimum atomic E-state index is -1.06. The van der Waals surface area contributed by atoms with Gasteiger partial charge >= 0.3 is 5.97 Å². The molecule has 1 aromatic rings. The van der Waals surface area contributed by atoms with Crippen molar-refractivity contribution in [2.24, 2.45) is 0 Å². The fourth-order valence-corrected chi connectivity index (χ4v) is 3.48. The Morgan fingerprint density at radius 2 is 1.50 bits per heavy atom. The SMILES string of the molecule is CCCCCCCCCCCCCCc1c(O)ccc(C=CC(=O)O)c1C#N. The summed E-state index contributed by atoms with van der Waals surface area (Å²) in [7, 11) is 0. The van der Waals surface area contributed by atoms with E-state index in [9.17, 15) is 15.2 Å². The van der Waals surface area contributed by atoms with Gasteiger partial charge in [0.15, 0.2) is 0 Å². The van der Waals surface area contributed by atoms with Crippen molar-refractivity contribution in [1.82, 2.24) is 0 Å². The van der Waals surface area contributed by atoms with Gasteiger partial charge in [0.1, 0.15) is 11.8 Å². The Hall–Kier alpha value is -2.28. The molecule has 0 saturated carbocycles. The highest BCUT2D eigenvalue weighted by atomic mass is 16.4. The number of aromatic hydroxyl groups is 1. The summed E-state index contributed by atoms with van der Waals surface area (Å²) in [5, 5.41) is 28.3. The van der Waals surface area contributed by atoms with Gasteiger partial charge in [-0.2, -0.15) is 5.26 Å². The van der Waals surface area contributed by atoms with Crippen LogP contribution in [0.3, 0.4) is 0 Å². The third-order valence-corrected chi connectivity index (χ3v) is 5.12. The molecular weight excluding hydrogens is 350 g/mol. The van der Waals surface area contributed by atoms with Crippen molar-refractivity contribution in [2.75, 3.05) is 0 Å². The van der Waals surface area contributed by atoms with Gasteiger partial charge in [0.25, 0.3) is 0 Å². The van der Waals surface area contributed by atoms with Gasteiger partial charge in [0.2, 0.25) is 0 Å². The van der Waals surface area contributed by atoms with Crippen molar-refractivity contribution < 1.29 is 15.0 Å². The second kappa shape index (κ2) is 14.7. The molecule has 0 aliphatic carbocycles. The van der Waals surface area contributed by atoms with Crippen molar-refractivity contribution in [3.05, 3.63) is 34.9 Å². The summed E-state index contributed by atoms with van der Waals surface area (Å²) in [6.45, 7) is 2.25. The predicted octanol–water partition coefficient (Wildman–Crippen LogP) is 6.61. The van der Waals surface area contributed by atoms with Crippen LogP contribution >= 0.6 is 0 Å². The first-order chi connectivity index (χ1) is 13.6. The average molecular weight is 386 g/mol. The van der Waals surface area contributed by atoms with Gasteiger partial charge in [0.05, 0.1) is 5.56 Å². The van der Waals surface area contributed by atoms with Crippen LogP contribution in [-0.4, -0.2) is 16.2 Å². The lowest BCUT2D eigenvalue weighted by Crippen LogP contribution is -1.96. The Labute approximate surface area is 169 Å². The van der Waals surface area contributed by atoms with Crippen molar-refractivity contribution >= 4 is 12.0 Å². The maximum absolute atomic E-state index is 10.7. The molecule has 28 heavy (non-hydrogen) atoms. The van der Waals surface area contributed by atoms with Crippen LogP contribution in [0.2, 0.25) is 0 Å². The molecule has 4 heteroatoms. The van der Waals surface area contributed by atoms with Crippen molar-refractivity contribution in [2.45, 2.75) is 90.4 Å². The van der Waals surface area contributed by atoms with Crippen LogP contribution in [0.15, 0.2) is 18.2 Å². The molecule has 0 heterocycles. The molecule has 154 valence electrons. The maximum Gasteiger partial charge on any atom is 0.328 e. The van der Waals surface area contributed by atoms with E-state index in [0.29, 0.717) is 23.1 Å². The summed E-state index contributed by atoms with van der Waals surface area (Å²) < 4.78 is 0. The number of benzene rings is 1. The van der Waals surface area contributed by atoms with E-state index in [2.05, 4.69) is 13.0 Å². The highest BCUT2D eigenvalue weighted by molar-refractivity contribution is 5.86. The lowest BCUT2D eigenvalue weighted by molar-refractivity contribution is -0.131. The molecular formula is C24H35NO3. The van der Waals surface area contributed by atoms with E-state index in [-0.39, 0.29) is 5.75 Å². The van der Waals surface area contributed by atoms with Gasteiger partial charge in [-0.15, -0.1) is 0 Å². The monoisotopic (exact) mass is 385 g/mol. The second-order valence-electron chi connectivity index (χ2n) is 7.45. The van der Waals surface area contributed by atoms with Crippen LogP contribution < -0.4 is 0 Å². The van der Waals surface area contributed by atoms with Gasteiger partial charge in [-0.1, -0.05) is 77.6 Å². The van der Waals surface area contributed by atoms with Crippen molar-refractivity contribution in [1.29, 1.82) is 5.26 Å². The van der Waals surface area contributed by atoms with E-state index in [4.69, 9.17) is 5.11 Å². The first kappa shape index (κ1) is 23.8. The van der Waals surface area contributed by atoms with Gasteiger partial charge in [-0.3, -0.25) is 0 Å². The highest BCUT2D eigenvalue weighted by Gasteiger charge is 2.11. The molecule has 0 aliphatic heterocycles. The lowest BCUT2D eigenvalue weighted by atomic mass is 9.95. The quantitative estimate of drug-likeness (QED) is 0.263. The molecule has 0 fully saturated rings. The normalized spacial score (nSPS) is 11.0. The Bertz CT molecular complexity index is 659. The largest absolute Gasteiger partial charge is 0.508 e. The first-order valence-electron chi connectivity index (χ1n) is 10.8. The van der Waals surface area contributed by atoms with Crippen LogP contribution in [0.1, 0.15) is 101 Å². The van der Waals surface area contributed by atoms with Crippen LogP contribution in [0, 0.1) is 11.3 Å². The fraction of sp³-hybridized carbons (Fsp3) is 0.583. The van der Waals surface area contributed by atoms with E-state index in [1.807, 2.05) is 0 Å². The molecule has 2 N–H and O–H groups in total. The standard InChI is InChI=1S/C24H35NO3/c1-2-3-4-5-6-7-8-9-10-11-12-13-14-21-22(19-25)20(15-17-23(21)26)16-18-24(27)28/h15-18,26H,2-14H2,1H3,(H,27,28). The molecule has 1 rings (SSSR count). The third kappa shape index (κ3) is 9.60. The van der Waals surface area contributed by atoms with E-state index in [1.165, 1.54) is 76.4 Å². The minimum Gasteiger partial charge on any atom is -0.508 e. The average Bonchev–Trinajstić information content (AvgIpc) is 2.68. The smallest absolute Gasteiger partial charge is 0.328 e. The third-order valence-electron chi connectivity index (χ3n) is 5.12. The van der Waals surface area contributed by atoms with Crippen LogP contribution in [0.25, 0.3) is 6.08 Å². The molecule has 0 amide bonds. The molecule has 0 aliphatic rings. The second-order valence-corrected chi connectivity index (χ2v) is 7.45. The molecule has 0 atom stereocenters.